The van der Waals surface area contributed by atoms with Gasteiger partial charge in [-0.3, -0.25) is 4.98 Å². The van der Waals surface area contributed by atoms with Crippen LogP contribution in [0.4, 0.5) is 0 Å². The van der Waals surface area contributed by atoms with Gasteiger partial charge in [0.15, 0.2) is 5.82 Å². The molecular formula is C14H12ClN5S. The van der Waals surface area contributed by atoms with Crippen molar-refractivity contribution in [2.45, 2.75) is 10.9 Å². The first-order chi connectivity index (χ1) is 10.2. The molecule has 0 fully saturated rings. The van der Waals surface area contributed by atoms with E-state index < -0.39 is 0 Å². The van der Waals surface area contributed by atoms with E-state index in [4.69, 9.17) is 17.4 Å². The zero-order valence-electron chi connectivity index (χ0n) is 11.0. The maximum absolute atomic E-state index is 6.05. The number of benzene rings is 1. The molecule has 0 saturated heterocycles. The van der Waals surface area contributed by atoms with Crippen LogP contribution in [-0.4, -0.2) is 19.9 Å². The normalized spacial score (nSPS) is 10.7. The molecule has 0 spiro atoms. The smallest absolute Gasteiger partial charge is 0.210 e. The zero-order valence-corrected chi connectivity index (χ0v) is 12.6. The summed E-state index contributed by atoms with van der Waals surface area (Å²) in [6.07, 6.45) is 3.40. The van der Waals surface area contributed by atoms with E-state index in [9.17, 15) is 0 Å². The van der Waals surface area contributed by atoms with Crippen LogP contribution >= 0.6 is 23.4 Å². The number of rotatable bonds is 4. The highest BCUT2D eigenvalue weighted by Gasteiger charge is 2.11. The van der Waals surface area contributed by atoms with Crippen LogP contribution in [0.25, 0.3) is 11.4 Å². The molecule has 0 atom stereocenters. The Bertz CT molecular complexity index is 727. The summed E-state index contributed by atoms with van der Waals surface area (Å²) >= 11 is 7.39. The molecule has 2 aromatic heterocycles. The molecule has 2 N–H and O–H groups in total. The van der Waals surface area contributed by atoms with E-state index in [1.165, 1.54) is 16.4 Å². The third-order valence-electron chi connectivity index (χ3n) is 2.88. The number of aromatic nitrogens is 4. The molecule has 0 aliphatic carbocycles. The molecule has 21 heavy (non-hydrogen) atoms. The lowest BCUT2D eigenvalue weighted by Gasteiger charge is -2.03. The second-order valence-corrected chi connectivity index (χ2v) is 5.71. The Kier molecular flexibility index (Phi) is 4.08. The molecule has 1 aromatic carbocycles. The number of nitrogen functional groups attached to an aromatic ring is 1. The minimum Gasteiger partial charge on any atom is -0.335 e. The van der Waals surface area contributed by atoms with Gasteiger partial charge in [-0.1, -0.05) is 35.5 Å². The summed E-state index contributed by atoms with van der Waals surface area (Å²) in [6.45, 7) is 0. The van der Waals surface area contributed by atoms with Gasteiger partial charge in [0.05, 0.1) is 0 Å². The predicted molar refractivity (Wildman–Crippen MR) is 84.4 cm³/mol. The first-order valence-electron chi connectivity index (χ1n) is 6.22. The van der Waals surface area contributed by atoms with Crippen LogP contribution < -0.4 is 5.84 Å². The number of halogens is 1. The third-order valence-corrected chi connectivity index (χ3v) is 4.15. The number of thioether (sulfide) groups is 1. The molecule has 0 aliphatic heterocycles. The highest BCUT2D eigenvalue weighted by molar-refractivity contribution is 7.98. The van der Waals surface area contributed by atoms with Gasteiger partial charge in [-0.25, -0.2) is 4.68 Å². The molecule has 106 valence electrons. The van der Waals surface area contributed by atoms with E-state index in [1.54, 1.807) is 12.4 Å². The maximum Gasteiger partial charge on any atom is 0.210 e. The second-order valence-electron chi connectivity index (χ2n) is 4.33. The molecule has 0 radical (unpaired) electrons. The Morgan fingerprint density at radius 3 is 2.48 bits per heavy atom. The largest absolute Gasteiger partial charge is 0.335 e. The van der Waals surface area contributed by atoms with Gasteiger partial charge in [0.1, 0.15) is 0 Å². The van der Waals surface area contributed by atoms with E-state index in [0.717, 1.165) is 21.9 Å². The Balaban J connectivity index is 1.75. The van der Waals surface area contributed by atoms with E-state index in [0.29, 0.717) is 11.0 Å². The monoisotopic (exact) mass is 317 g/mol. The van der Waals surface area contributed by atoms with E-state index in [1.807, 2.05) is 36.4 Å². The molecule has 0 bridgehead atoms. The van der Waals surface area contributed by atoms with Gasteiger partial charge >= 0.3 is 0 Å². The van der Waals surface area contributed by atoms with Crippen molar-refractivity contribution in [3.05, 3.63) is 59.4 Å². The van der Waals surface area contributed by atoms with Crippen molar-refractivity contribution >= 4 is 23.4 Å². The fraction of sp³-hybridized carbons (Fsp3) is 0.0714. The molecule has 0 amide bonds. The summed E-state index contributed by atoms with van der Waals surface area (Å²) in [5.74, 6) is 7.43. The molecule has 5 nitrogen and oxygen atoms in total. The summed E-state index contributed by atoms with van der Waals surface area (Å²) in [4.78, 5) is 3.98. The number of hydrogen-bond donors (Lipinski definition) is 1. The average molecular weight is 318 g/mol. The Hall–Kier alpha value is -2.05. The molecule has 0 saturated carbocycles. The highest BCUT2D eigenvalue weighted by atomic mass is 35.5. The van der Waals surface area contributed by atoms with Crippen molar-refractivity contribution in [3.63, 3.8) is 0 Å². The number of pyridine rings is 1. The summed E-state index contributed by atoms with van der Waals surface area (Å²) < 4.78 is 1.50. The van der Waals surface area contributed by atoms with Crippen LogP contribution in [0.3, 0.4) is 0 Å². The first kappa shape index (κ1) is 13.9. The SMILES string of the molecule is Nn1c(SCc2ccc(Cl)cc2)nnc1-c1ccncc1. The van der Waals surface area contributed by atoms with Crippen LogP contribution in [0.15, 0.2) is 53.9 Å². The van der Waals surface area contributed by atoms with Crippen LogP contribution in [0.1, 0.15) is 5.56 Å². The molecule has 7 heteroatoms. The topological polar surface area (TPSA) is 69.6 Å². The average Bonchev–Trinajstić information content (AvgIpc) is 2.89. The van der Waals surface area contributed by atoms with Gasteiger partial charge < -0.3 is 5.84 Å². The van der Waals surface area contributed by atoms with E-state index >= 15 is 0 Å². The van der Waals surface area contributed by atoms with Gasteiger partial charge in [-0.2, -0.15) is 0 Å². The van der Waals surface area contributed by atoms with Crippen molar-refractivity contribution < 1.29 is 0 Å². The van der Waals surface area contributed by atoms with E-state index in [2.05, 4.69) is 15.2 Å². The molecule has 0 aliphatic rings. The summed E-state index contributed by atoms with van der Waals surface area (Å²) in [5.41, 5.74) is 2.04. The van der Waals surface area contributed by atoms with Gasteiger partial charge in [0, 0.05) is 28.7 Å². The first-order valence-corrected chi connectivity index (χ1v) is 7.58. The lowest BCUT2D eigenvalue weighted by Crippen LogP contribution is -2.11. The second kappa shape index (κ2) is 6.15. The van der Waals surface area contributed by atoms with Gasteiger partial charge in [-0.05, 0) is 29.8 Å². The van der Waals surface area contributed by atoms with Crippen LogP contribution in [-0.2, 0) is 5.75 Å². The van der Waals surface area contributed by atoms with Crippen molar-refractivity contribution in [2.75, 3.05) is 5.84 Å². The van der Waals surface area contributed by atoms with Crippen LogP contribution in [0.5, 0.6) is 0 Å². The molecule has 3 rings (SSSR count). The fourth-order valence-corrected chi connectivity index (χ4v) is 2.74. The van der Waals surface area contributed by atoms with E-state index in [-0.39, 0.29) is 0 Å². The summed E-state index contributed by atoms with van der Waals surface area (Å²) in [7, 11) is 0. The quantitative estimate of drug-likeness (QED) is 0.591. The third kappa shape index (κ3) is 3.17. The van der Waals surface area contributed by atoms with Crippen molar-refractivity contribution in [1.29, 1.82) is 0 Å². The Morgan fingerprint density at radius 2 is 1.76 bits per heavy atom. The number of hydrogen-bond acceptors (Lipinski definition) is 5. The highest BCUT2D eigenvalue weighted by Crippen LogP contribution is 2.24. The van der Waals surface area contributed by atoms with Gasteiger partial charge in [0.2, 0.25) is 5.16 Å². The van der Waals surface area contributed by atoms with Crippen molar-refractivity contribution in [2.24, 2.45) is 0 Å². The van der Waals surface area contributed by atoms with Crippen LogP contribution in [0.2, 0.25) is 5.02 Å². The standard InChI is InChI=1S/C14H12ClN5S/c15-12-3-1-10(2-4-12)9-21-14-19-18-13(20(14)16)11-5-7-17-8-6-11/h1-8H,9,16H2. The lowest BCUT2D eigenvalue weighted by atomic mass is 10.2. The molecular weight excluding hydrogens is 306 g/mol. The fourth-order valence-electron chi connectivity index (χ4n) is 1.80. The molecule has 2 heterocycles. The maximum atomic E-state index is 6.05. The minimum absolute atomic E-state index is 0.621. The predicted octanol–water partition coefficient (Wildman–Crippen LogP) is 3.00. The zero-order chi connectivity index (χ0) is 14.7. The van der Waals surface area contributed by atoms with Crippen molar-refractivity contribution in [1.82, 2.24) is 19.9 Å². The number of nitrogens with two attached hydrogens (primary N) is 1. The Morgan fingerprint density at radius 1 is 1.05 bits per heavy atom. The summed E-state index contributed by atoms with van der Waals surface area (Å²) in [5, 5.41) is 9.65. The van der Waals surface area contributed by atoms with Crippen molar-refractivity contribution in [3.8, 4) is 11.4 Å². The van der Waals surface area contributed by atoms with Gasteiger partial charge in [0.25, 0.3) is 0 Å². The lowest BCUT2D eigenvalue weighted by molar-refractivity contribution is 0.849. The van der Waals surface area contributed by atoms with Gasteiger partial charge in [-0.15, -0.1) is 10.2 Å². The van der Waals surface area contributed by atoms with Crippen LogP contribution in [0, 0.1) is 0 Å². The number of nitrogens with zero attached hydrogens (tertiary/aromatic N) is 4. The molecule has 3 aromatic rings. The molecule has 0 unspecified atom stereocenters. The minimum atomic E-state index is 0.621. The Labute approximate surface area is 131 Å². The summed E-state index contributed by atoms with van der Waals surface area (Å²) in [6, 6.07) is 11.4.